The van der Waals surface area contributed by atoms with Crippen molar-refractivity contribution in [2.24, 2.45) is 0 Å². The third-order valence-corrected chi connectivity index (χ3v) is 6.98. The van der Waals surface area contributed by atoms with E-state index in [4.69, 9.17) is 14.2 Å². The van der Waals surface area contributed by atoms with Crippen LogP contribution >= 0.6 is 0 Å². The number of nitrogens with one attached hydrogen (secondary N) is 1. The van der Waals surface area contributed by atoms with Gasteiger partial charge in [-0.25, -0.2) is 4.68 Å². The molecule has 192 valence electrons. The van der Waals surface area contributed by atoms with Crippen molar-refractivity contribution >= 4 is 10.9 Å². The number of aromatic nitrogens is 5. The van der Waals surface area contributed by atoms with Gasteiger partial charge in [-0.15, -0.1) is 5.10 Å². The molecular weight excluding hydrogens is 472 g/mol. The Morgan fingerprint density at radius 2 is 1.97 bits per heavy atom. The quantitative estimate of drug-likeness (QED) is 0.391. The number of H-pyrrole nitrogens is 1. The Morgan fingerprint density at radius 3 is 2.84 bits per heavy atom. The van der Waals surface area contributed by atoms with Crippen molar-refractivity contribution in [2.45, 2.75) is 59.0 Å². The third kappa shape index (κ3) is 5.07. The highest BCUT2D eigenvalue weighted by Crippen LogP contribution is 2.33. The van der Waals surface area contributed by atoms with Crippen molar-refractivity contribution in [1.29, 1.82) is 0 Å². The Bertz CT molecular complexity index is 1490. The van der Waals surface area contributed by atoms with E-state index in [9.17, 15) is 4.79 Å². The van der Waals surface area contributed by atoms with E-state index >= 15 is 0 Å². The Morgan fingerprint density at radius 1 is 1.08 bits per heavy atom. The minimum Gasteiger partial charge on any atom is -0.454 e. The van der Waals surface area contributed by atoms with E-state index < -0.39 is 0 Å². The summed E-state index contributed by atoms with van der Waals surface area (Å²) in [6.45, 7) is 7.19. The van der Waals surface area contributed by atoms with Gasteiger partial charge in [-0.2, -0.15) is 0 Å². The lowest BCUT2D eigenvalue weighted by Crippen LogP contribution is -2.29. The first-order chi connectivity index (χ1) is 18.0. The maximum absolute atomic E-state index is 13.1. The van der Waals surface area contributed by atoms with Gasteiger partial charge in [-0.3, -0.25) is 9.69 Å². The highest BCUT2D eigenvalue weighted by Gasteiger charge is 2.22. The first-order valence-corrected chi connectivity index (χ1v) is 12.6. The van der Waals surface area contributed by atoms with Gasteiger partial charge in [0.2, 0.25) is 6.79 Å². The predicted molar refractivity (Wildman–Crippen MR) is 136 cm³/mol. The summed E-state index contributed by atoms with van der Waals surface area (Å²) in [7, 11) is 0. The lowest BCUT2D eigenvalue weighted by Gasteiger charge is -2.22. The van der Waals surface area contributed by atoms with Crippen LogP contribution in [0, 0.1) is 13.8 Å². The smallest absolute Gasteiger partial charge is 0.252 e. The number of pyridine rings is 1. The number of hydrogen-bond acceptors (Lipinski definition) is 8. The standard InChI is InChI=1S/C27H30N6O4/c1-17-8-18(2)26-20(9-17)11-21(27(34)28-26)13-32(12-19-5-6-23-24(10-19)37-16-36-23)15-25-29-30-31-33(25)14-22-4-3-7-35-22/h5-6,8-11,22H,3-4,7,12-16H2,1-2H3,(H,28,34)/t22-/m1/s1. The maximum Gasteiger partial charge on any atom is 0.252 e. The molecule has 2 aromatic heterocycles. The number of aryl methyl sites for hydroxylation is 2. The van der Waals surface area contributed by atoms with Crippen molar-refractivity contribution < 1.29 is 14.2 Å². The maximum atomic E-state index is 13.1. The number of tetrazole rings is 1. The molecule has 0 aliphatic carbocycles. The van der Waals surface area contributed by atoms with E-state index in [2.05, 4.69) is 44.5 Å². The van der Waals surface area contributed by atoms with E-state index in [-0.39, 0.29) is 18.5 Å². The van der Waals surface area contributed by atoms with Gasteiger partial charge in [0.05, 0.1) is 24.7 Å². The lowest BCUT2D eigenvalue weighted by atomic mass is 10.0. The Balaban J connectivity index is 1.31. The molecule has 1 atom stereocenters. The van der Waals surface area contributed by atoms with Crippen LogP contribution in [0.25, 0.3) is 10.9 Å². The summed E-state index contributed by atoms with van der Waals surface area (Å²) in [5.74, 6) is 2.21. The summed E-state index contributed by atoms with van der Waals surface area (Å²) in [4.78, 5) is 18.4. The molecule has 1 N–H and O–H groups in total. The van der Waals surface area contributed by atoms with Gasteiger partial charge in [0.1, 0.15) is 0 Å². The van der Waals surface area contributed by atoms with Crippen LogP contribution in [-0.4, -0.2) is 49.6 Å². The molecule has 10 heteroatoms. The number of ether oxygens (including phenoxy) is 3. The number of benzene rings is 2. The van der Waals surface area contributed by atoms with Crippen molar-refractivity contribution in [1.82, 2.24) is 30.1 Å². The Kier molecular flexibility index (Phi) is 6.35. The minimum atomic E-state index is -0.0888. The Hall–Kier alpha value is -3.76. The molecule has 1 saturated heterocycles. The molecule has 37 heavy (non-hydrogen) atoms. The summed E-state index contributed by atoms with van der Waals surface area (Å²) < 4.78 is 18.7. The average Bonchev–Trinajstić information content (AvgIpc) is 3.63. The first-order valence-electron chi connectivity index (χ1n) is 12.6. The second-order valence-corrected chi connectivity index (χ2v) is 9.91. The fourth-order valence-electron chi connectivity index (χ4n) is 5.22. The number of rotatable bonds is 8. The van der Waals surface area contributed by atoms with E-state index in [0.717, 1.165) is 64.4 Å². The number of fused-ring (bicyclic) bond motifs is 2. The molecule has 0 radical (unpaired) electrons. The van der Waals surface area contributed by atoms with Crippen LogP contribution in [0.1, 0.15) is 40.9 Å². The number of hydrogen-bond donors (Lipinski definition) is 1. The molecular formula is C27H30N6O4. The second-order valence-electron chi connectivity index (χ2n) is 9.91. The van der Waals surface area contributed by atoms with Gasteiger partial charge in [0.25, 0.3) is 5.56 Å². The van der Waals surface area contributed by atoms with Gasteiger partial charge >= 0.3 is 0 Å². The lowest BCUT2D eigenvalue weighted by molar-refractivity contribution is 0.0914. The molecule has 4 heterocycles. The van der Waals surface area contributed by atoms with Crippen LogP contribution < -0.4 is 15.0 Å². The van der Waals surface area contributed by atoms with E-state index in [0.29, 0.717) is 31.7 Å². The topological polar surface area (TPSA) is 107 Å². The molecule has 6 rings (SSSR count). The van der Waals surface area contributed by atoms with Crippen molar-refractivity contribution in [3.05, 3.63) is 74.8 Å². The van der Waals surface area contributed by atoms with Crippen LogP contribution in [0.15, 0.2) is 41.2 Å². The van der Waals surface area contributed by atoms with Gasteiger partial charge < -0.3 is 19.2 Å². The molecule has 0 saturated carbocycles. The van der Waals surface area contributed by atoms with Gasteiger partial charge in [0, 0.05) is 25.3 Å². The molecule has 4 aromatic rings. The first kappa shape index (κ1) is 23.6. The molecule has 0 amide bonds. The summed E-state index contributed by atoms with van der Waals surface area (Å²) >= 11 is 0. The predicted octanol–water partition coefficient (Wildman–Crippen LogP) is 3.24. The summed E-state index contributed by atoms with van der Waals surface area (Å²) in [5.41, 5.74) is 4.75. The third-order valence-electron chi connectivity index (χ3n) is 6.98. The zero-order valence-electron chi connectivity index (χ0n) is 21.1. The number of aromatic amines is 1. The van der Waals surface area contributed by atoms with Gasteiger partial charge in [0.15, 0.2) is 17.3 Å². The van der Waals surface area contributed by atoms with Crippen molar-refractivity contribution in [3.63, 3.8) is 0 Å². The average molecular weight is 503 g/mol. The molecule has 0 unspecified atom stereocenters. The van der Waals surface area contributed by atoms with Gasteiger partial charge in [-0.05, 0) is 77.9 Å². The van der Waals surface area contributed by atoms with Crippen LogP contribution in [0.4, 0.5) is 0 Å². The van der Waals surface area contributed by atoms with Crippen LogP contribution in [0.2, 0.25) is 0 Å². The number of nitrogens with zero attached hydrogens (tertiary/aromatic N) is 5. The summed E-state index contributed by atoms with van der Waals surface area (Å²) in [6, 6.07) is 12.1. The van der Waals surface area contributed by atoms with Crippen LogP contribution in [-0.2, 0) is 30.9 Å². The molecule has 2 aromatic carbocycles. The fraction of sp³-hybridized carbons (Fsp3) is 0.407. The van der Waals surface area contributed by atoms with E-state index in [1.54, 1.807) is 0 Å². The molecule has 1 fully saturated rings. The van der Waals surface area contributed by atoms with Crippen molar-refractivity contribution in [3.8, 4) is 11.5 Å². The van der Waals surface area contributed by atoms with Crippen LogP contribution in [0.5, 0.6) is 11.5 Å². The molecule has 2 aliphatic rings. The monoisotopic (exact) mass is 502 g/mol. The Labute approximate surface area is 214 Å². The van der Waals surface area contributed by atoms with E-state index in [1.807, 2.05) is 35.9 Å². The highest BCUT2D eigenvalue weighted by atomic mass is 16.7. The molecule has 0 spiro atoms. The highest BCUT2D eigenvalue weighted by molar-refractivity contribution is 5.82. The summed E-state index contributed by atoms with van der Waals surface area (Å²) in [5, 5.41) is 13.5. The van der Waals surface area contributed by atoms with Crippen molar-refractivity contribution in [2.75, 3.05) is 13.4 Å². The SMILES string of the molecule is Cc1cc(C)c2[nH]c(=O)c(CN(Cc3ccc4c(c3)OCO4)Cc3nnnn3C[C@H]3CCCO3)cc2c1. The molecule has 10 nitrogen and oxygen atoms in total. The fourth-order valence-corrected chi connectivity index (χ4v) is 5.22. The summed E-state index contributed by atoms with van der Waals surface area (Å²) in [6.07, 6.45) is 2.19. The second kappa shape index (κ2) is 9.95. The molecule has 2 aliphatic heterocycles. The normalized spacial score (nSPS) is 16.8. The molecule has 0 bridgehead atoms. The minimum absolute atomic E-state index is 0.0888. The van der Waals surface area contributed by atoms with Gasteiger partial charge in [-0.1, -0.05) is 17.7 Å². The zero-order chi connectivity index (χ0) is 25.4. The largest absolute Gasteiger partial charge is 0.454 e. The zero-order valence-corrected chi connectivity index (χ0v) is 21.1. The van der Waals surface area contributed by atoms with Crippen LogP contribution in [0.3, 0.4) is 0 Å². The van der Waals surface area contributed by atoms with E-state index in [1.165, 1.54) is 0 Å².